The molecule has 2 aliphatic rings. The first-order valence-corrected chi connectivity index (χ1v) is 12.7. The van der Waals surface area contributed by atoms with Gasteiger partial charge in [0.2, 0.25) is 17.7 Å². The van der Waals surface area contributed by atoms with Crippen molar-refractivity contribution in [3.05, 3.63) is 69.8 Å². The van der Waals surface area contributed by atoms with Crippen LogP contribution in [0.15, 0.2) is 36.4 Å². The topological polar surface area (TPSA) is 192 Å². The second kappa shape index (κ2) is 10.6. The Morgan fingerprint density at radius 3 is 2.11 bits per heavy atom. The third kappa shape index (κ3) is 4.85. The van der Waals surface area contributed by atoms with E-state index in [0.29, 0.717) is 43.4 Å². The van der Waals surface area contributed by atoms with Crippen LogP contribution in [0.3, 0.4) is 0 Å². The molecular weight excluding hydrogens is 482 g/mol. The van der Waals surface area contributed by atoms with E-state index < -0.39 is 23.3 Å². The van der Waals surface area contributed by atoms with Gasteiger partial charge in [-0.1, -0.05) is 12.1 Å². The highest BCUT2D eigenvalue weighted by molar-refractivity contribution is 5.97. The van der Waals surface area contributed by atoms with Crippen molar-refractivity contribution in [2.75, 3.05) is 13.1 Å². The zero-order valence-corrected chi connectivity index (χ0v) is 21.4. The van der Waals surface area contributed by atoms with Crippen LogP contribution >= 0.6 is 0 Å². The number of carbonyl (C=O) groups excluding carboxylic acids is 3. The fraction of sp³-hybridized carbons (Fsp3) is 0.393. The molecule has 2 aromatic carbocycles. The lowest BCUT2D eigenvalue weighted by atomic mass is 9.67. The number of amidine groups is 1. The summed E-state index contributed by atoms with van der Waals surface area (Å²) in [6, 6.07) is 11.9. The Hall–Kier alpha value is -4.23. The minimum atomic E-state index is -1.09. The molecule has 8 N–H and O–H groups in total. The molecule has 2 atom stereocenters. The van der Waals surface area contributed by atoms with Gasteiger partial charge in [0.15, 0.2) is 0 Å². The number of nitrogens with two attached hydrogens (primary N) is 3. The molecule has 1 aliphatic carbocycles. The Labute approximate surface area is 221 Å². The van der Waals surface area contributed by atoms with Gasteiger partial charge >= 0.3 is 0 Å². The van der Waals surface area contributed by atoms with Crippen molar-refractivity contribution in [1.29, 1.82) is 10.7 Å². The van der Waals surface area contributed by atoms with E-state index in [9.17, 15) is 19.6 Å². The number of fused-ring (bicyclic) bond motifs is 2. The van der Waals surface area contributed by atoms with E-state index in [-0.39, 0.29) is 24.3 Å². The smallest absolute Gasteiger partial charge is 0.248 e. The Kier molecular flexibility index (Phi) is 7.51. The molecular formula is C28H33N7O3. The van der Waals surface area contributed by atoms with Crippen LogP contribution in [0.2, 0.25) is 0 Å². The van der Waals surface area contributed by atoms with E-state index in [1.54, 1.807) is 41.3 Å². The van der Waals surface area contributed by atoms with Gasteiger partial charge in [0, 0.05) is 23.7 Å². The van der Waals surface area contributed by atoms with E-state index in [0.717, 1.165) is 28.7 Å². The zero-order chi connectivity index (χ0) is 27.6. The largest absolute Gasteiger partial charge is 0.387 e. The number of primary amides is 2. The molecule has 0 bridgehead atoms. The molecule has 1 fully saturated rings. The minimum Gasteiger partial charge on any atom is -0.387 e. The van der Waals surface area contributed by atoms with Crippen molar-refractivity contribution in [2.24, 2.45) is 17.2 Å². The number of likely N-dealkylation sites (tertiary alicyclic amines) is 1. The normalized spacial score (nSPS) is 18.4. The van der Waals surface area contributed by atoms with Crippen molar-refractivity contribution >= 4 is 23.6 Å². The molecule has 0 unspecified atom stereocenters. The highest BCUT2D eigenvalue weighted by Gasteiger charge is 2.44. The van der Waals surface area contributed by atoms with Crippen LogP contribution in [0.4, 0.5) is 0 Å². The molecule has 1 aliphatic heterocycles. The van der Waals surface area contributed by atoms with E-state index in [1.807, 2.05) is 6.92 Å². The van der Waals surface area contributed by atoms with E-state index in [4.69, 9.17) is 22.6 Å². The molecule has 0 spiro atoms. The van der Waals surface area contributed by atoms with Gasteiger partial charge < -0.3 is 27.4 Å². The molecule has 198 valence electrons. The van der Waals surface area contributed by atoms with Gasteiger partial charge in [0.25, 0.3) is 0 Å². The Balaban J connectivity index is 1.74. The molecule has 0 aromatic heterocycles. The molecule has 1 heterocycles. The van der Waals surface area contributed by atoms with Crippen LogP contribution in [-0.2, 0) is 23.1 Å². The van der Waals surface area contributed by atoms with Crippen LogP contribution < -0.4 is 22.5 Å². The van der Waals surface area contributed by atoms with E-state index in [1.165, 1.54) is 0 Å². The van der Waals surface area contributed by atoms with Crippen molar-refractivity contribution in [3.8, 4) is 6.07 Å². The summed E-state index contributed by atoms with van der Waals surface area (Å²) in [5.41, 5.74) is 20.4. The summed E-state index contributed by atoms with van der Waals surface area (Å²) in [5.74, 6) is -1.34. The molecule has 4 rings (SSSR count). The summed E-state index contributed by atoms with van der Waals surface area (Å²) >= 11 is 0. The summed E-state index contributed by atoms with van der Waals surface area (Å²) < 4.78 is 0. The molecule has 0 saturated carbocycles. The number of hydrogen-bond donors (Lipinski definition) is 5. The molecule has 1 saturated heterocycles. The number of nitrogens with one attached hydrogen (secondary N) is 2. The maximum Gasteiger partial charge on any atom is 0.248 e. The SMILES string of the molecule is C[C@H](CC1(C(=N)N)c2ccc(C(N)=O)cc2CCc2cc(C(N)=O)ccc21)NCC(=O)N1CCC[C@H]1C#N. The lowest BCUT2D eigenvalue weighted by Gasteiger charge is -2.38. The fourth-order valence-corrected chi connectivity index (χ4v) is 5.87. The molecule has 3 amide bonds. The Morgan fingerprint density at radius 2 is 1.63 bits per heavy atom. The van der Waals surface area contributed by atoms with Gasteiger partial charge in [0.05, 0.1) is 18.0 Å². The molecule has 0 radical (unpaired) electrons. The molecule has 2 aromatic rings. The van der Waals surface area contributed by atoms with Crippen LogP contribution in [0, 0.1) is 16.7 Å². The van der Waals surface area contributed by atoms with Crippen molar-refractivity contribution in [3.63, 3.8) is 0 Å². The number of amides is 3. The fourth-order valence-electron chi connectivity index (χ4n) is 5.87. The lowest BCUT2D eigenvalue weighted by Crippen LogP contribution is -2.49. The first-order valence-electron chi connectivity index (χ1n) is 12.7. The number of nitriles is 1. The summed E-state index contributed by atoms with van der Waals surface area (Å²) in [4.78, 5) is 38.3. The maximum absolute atomic E-state index is 12.8. The highest BCUT2D eigenvalue weighted by Crippen LogP contribution is 2.43. The van der Waals surface area contributed by atoms with Gasteiger partial charge in [-0.2, -0.15) is 5.26 Å². The van der Waals surface area contributed by atoms with Gasteiger partial charge in [-0.25, -0.2) is 0 Å². The summed E-state index contributed by atoms with van der Waals surface area (Å²) in [7, 11) is 0. The van der Waals surface area contributed by atoms with Crippen LogP contribution in [0.1, 0.15) is 69.2 Å². The van der Waals surface area contributed by atoms with Crippen molar-refractivity contribution in [1.82, 2.24) is 10.2 Å². The van der Waals surface area contributed by atoms with Gasteiger partial charge in [-0.3, -0.25) is 19.8 Å². The number of benzene rings is 2. The third-order valence-corrected chi connectivity index (χ3v) is 7.76. The number of aryl methyl sites for hydroxylation is 2. The van der Waals surface area contributed by atoms with Crippen LogP contribution in [-0.4, -0.2) is 53.6 Å². The zero-order valence-electron chi connectivity index (χ0n) is 21.4. The van der Waals surface area contributed by atoms with Gasteiger partial charge in [-0.05, 0) is 85.5 Å². The Bertz CT molecular complexity index is 1280. The third-order valence-electron chi connectivity index (χ3n) is 7.76. The molecule has 38 heavy (non-hydrogen) atoms. The average Bonchev–Trinajstić information content (AvgIpc) is 3.33. The van der Waals surface area contributed by atoms with E-state index >= 15 is 0 Å². The number of hydrogen-bond acceptors (Lipinski definition) is 6. The highest BCUT2D eigenvalue weighted by atomic mass is 16.2. The molecule has 10 heteroatoms. The van der Waals surface area contributed by atoms with Gasteiger partial charge in [-0.15, -0.1) is 0 Å². The Morgan fingerprint density at radius 1 is 1.08 bits per heavy atom. The van der Waals surface area contributed by atoms with Crippen molar-refractivity contribution < 1.29 is 14.4 Å². The second-order valence-corrected chi connectivity index (χ2v) is 10.2. The summed E-state index contributed by atoms with van der Waals surface area (Å²) in [6.07, 6.45) is 2.92. The lowest BCUT2D eigenvalue weighted by molar-refractivity contribution is -0.130. The van der Waals surface area contributed by atoms with Crippen LogP contribution in [0.25, 0.3) is 0 Å². The van der Waals surface area contributed by atoms with Crippen molar-refractivity contribution in [2.45, 2.75) is 56.5 Å². The first kappa shape index (κ1) is 26.8. The van der Waals surface area contributed by atoms with Gasteiger partial charge in [0.1, 0.15) is 11.9 Å². The quantitative estimate of drug-likeness (QED) is 0.258. The maximum atomic E-state index is 12.8. The van der Waals surface area contributed by atoms with E-state index in [2.05, 4.69) is 11.4 Å². The number of carbonyl (C=O) groups is 3. The first-order chi connectivity index (χ1) is 18.1. The molecule has 10 nitrogen and oxygen atoms in total. The summed E-state index contributed by atoms with van der Waals surface area (Å²) in [5, 5.41) is 21.4. The summed E-state index contributed by atoms with van der Waals surface area (Å²) in [6.45, 7) is 2.54. The standard InChI is InChI=1S/C28H33N7O3/c1-16(34-15-24(36)35-10-2-3-21(35)14-29)13-28(27(32)33)22-8-6-19(25(30)37)11-17(22)4-5-18-12-20(26(31)38)7-9-23(18)28/h6-9,11-12,16,21,34H,2-5,10,13,15H2,1H3,(H2,30,37)(H2,31,38)(H3,32,33)/t16-,21+/m1/s1. The number of rotatable bonds is 8. The van der Waals surface area contributed by atoms with Crippen LogP contribution in [0.5, 0.6) is 0 Å². The minimum absolute atomic E-state index is 0.0499. The monoisotopic (exact) mass is 515 g/mol. The number of nitrogens with zero attached hydrogens (tertiary/aromatic N) is 2. The average molecular weight is 516 g/mol. The second-order valence-electron chi connectivity index (χ2n) is 10.2. The predicted molar refractivity (Wildman–Crippen MR) is 142 cm³/mol. The predicted octanol–water partition coefficient (Wildman–Crippen LogP) is 1.09.